The number of nitrogens with zero attached hydrogens (tertiary/aromatic N) is 1. The molecule has 0 spiro atoms. The molecule has 0 aromatic heterocycles. The number of nitrogens with one attached hydrogen (secondary N) is 1. The molecule has 1 amide bonds. The van der Waals surface area contributed by atoms with Gasteiger partial charge in [-0.2, -0.15) is 0 Å². The Kier molecular flexibility index (Phi) is 4.93. The molecule has 4 rings (SSSR count). The second kappa shape index (κ2) is 7.50. The Hall–Kier alpha value is -2.33. The Morgan fingerprint density at radius 2 is 2.00 bits per heavy atom. The third kappa shape index (κ3) is 3.75. The summed E-state index contributed by atoms with van der Waals surface area (Å²) in [5, 5.41) is 3.15. The summed E-state index contributed by atoms with van der Waals surface area (Å²) in [5.74, 6) is 0.927. The van der Waals surface area contributed by atoms with Crippen LogP contribution in [0.25, 0.3) is 0 Å². The molecule has 1 N–H and O–H groups in total. The SMILES string of the molecule is CC(CN1CCc2ccccc2C1)NC(=O)c1ccc2c(c1)CCCO2. The van der Waals surface area contributed by atoms with E-state index in [1.807, 2.05) is 18.2 Å². The summed E-state index contributed by atoms with van der Waals surface area (Å²) < 4.78 is 5.63. The van der Waals surface area contributed by atoms with E-state index in [9.17, 15) is 4.79 Å². The first kappa shape index (κ1) is 17.1. The number of hydrogen-bond donors (Lipinski definition) is 1. The molecule has 136 valence electrons. The molecule has 0 aliphatic carbocycles. The third-order valence-electron chi connectivity index (χ3n) is 5.29. The maximum absolute atomic E-state index is 12.6. The highest BCUT2D eigenvalue weighted by Gasteiger charge is 2.19. The quantitative estimate of drug-likeness (QED) is 0.921. The number of ether oxygens (including phenoxy) is 1. The van der Waals surface area contributed by atoms with Crippen LogP contribution < -0.4 is 10.1 Å². The smallest absolute Gasteiger partial charge is 0.251 e. The summed E-state index contributed by atoms with van der Waals surface area (Å²) in [7, 11) is 0. The van der Waals surface area contributed by atoms with Crippen molar-refractivity contribution in [1.82, 2.24) is 10.2 Å². The maximum atomic E-state index is 12.6. The number of amides is 1. The minimum Gasteiger partial charge on any atom is -0.493 e. The van der Waals surface area contributed by atoms with Crippen molar-refractivity contribution in [3.05, 3.63) is 64.7 Å². The minimum atomic E-state index is 0.00304. The summed E-state index contributed by atoms with van der Waals surface area (Å²) in [5.41, 5.74) is 4.73. The van der Waals surface area contributed by atoms with Gasteiger partial charge in [0.2, 0.25) is 0 Å². The summed E-state index contributed by atoms with van der Waals surface area (Å²) in [6.07, 6.45) is 3.09. The van der Waals surface area contributed by atoms with Gasteiger partial charge in [-0.15, -0.1) is 0 Å². The molecule has 4 nitrogen and oxygen atoms in total. The van der Waals surface area contributed by atoms with Crippen molar-refractivity contribution in [2.24, 2.45) is 0 Å². The van der Waals surface area contributed by atoms with Gasteiger partial charge in [0.05, 0.1) is 6.61 Å². The molecule has 2 aliphatic heterocycles. The Balaban J connectivity index is 1.35. The van der Waals surface area contributed by atoms with E-state index >= 15 is 0 Å². The van der Waals surface area contributed by atoms with Crippen LogP contribution in [0.2, 0.25) is 0 Å². The molecular weight excluding hydrogens is 324 g/mol. The molecule has 0 radical (unpaired) electrons. The molecule has 0 bridgehead atoms. The largest absolute Gasteiger partial charge is 0.493 e. The van der Waals surface area contributed by atoms with Gasteiger partial charge in [-0.25, -0.2) is 0 Å². The van der Waals surface area contributed by atoms with E-state index in [2.05, 4.69) is 41.4 Å². The van der Waals surface area contributed by atoms with Gasteiger partial charge >= 0.3 is 0 Å². The Morgan fingerprint density at radius 1 is 1.15 bits per heavy atom. The van der Waals surface area contributed by atoms with Gasteiger partial charge in [-0.3, -0.25) is 9.69 Å². The number of benzene rings is 2. The molecule has 1 atom stereocenters. The number of carbonyl (C=O) groups excluding carboxylic acids is 1. The van der Waals surface area contributed by atoms with Gasteiger partial charge in [0, 0.05) is 31.2 Å². The summed E-state index contributed by atoms with van der Waals surface area (Å²) in [6.45, 7) is 5.74. The second-order valence-corrected chi connectivity index (χ2v) is 7.40. The molecule has 2 aromatic rings. The standard InChI is InChI=1S/C22H26N2O2/c1-16(14-24-11-10-17-5-2-3-6-20(17)15-24)23-22(25)19-8-9-21-18(13-19)7-4-12-26-21/h2-3,5-6,8-9,13,16H,4,7,10-12,14-15H2,1H3,(H,23,25). The van der Waals surface area contributed by atoms with E-state index in [4.69, 9.17) is 4.74 Å². The predicted octanol–water partition coefficient (Wildman–Crippen LogP) is 3.19. The number of carbonyl (C=O) groups is 1. The van der Waals surface area contributed by atoms with Crippen molar-refractivity contribution in [2.75, 3.05) is 19.7 Å². The maximum Gasteiger partial charge on any atom is 0.251 e. The Morgan fingerprint density at radius 3 is 2.88 bits per heavy atom. The lowest BCUT2D eigenvalue weighted by Gasteiger charge is -2.31. The summed E-state index contributed by atoms with van der Waals surface area (Å²) in [4.78, 5) is 15.0. The van der Waals surface area contributed by atoms with E-state index in [0.29, 0.717) is 0 Å². The van der Waals surface area contributed by atoms with Gasteiger partial charge in [-0.05, 0) is 61.1 Å². The average Bonchev–Trinajstić information content (AvgIpc) is 2.67. The number of fused-ring (bicyclic) bond motifs is 2. The number of aryl methyl sites for hydroxylation is 1. The predicted molar refractivity (Wildman–Crippen MR) is 103 cm³/mol. The summed E-state index contributed by atoms with van der Waals surface area (Å²) in [6, 6.07) is 14.5. The van der Waals surface area contributed by atoms with E-state index in [0.717, 1.165) is 62.4 Å². The normalized spacial score (nSPS) is 17.6. The molecule has 2 aromatic carbocycles. The lowest BCUT2D eigenvalue weighted by Crippen LogP contribution is -2.43. The first-order chi connectivity index (χ1) is 12.7. The van der Waals surface area contributed by atoms with Crippen LogP contribution in [-0.2, 0) is 19.4 Å². The molecule has 2 heterocycles. The second-order valence-electron chi connectivity index (χ2n) is 7.40. The van der Waals surface area contributed by atoms with Crippen LogP contribution in [0.3, 0.4) is 0 Å². The molecule has 2 aliphatic rings. The first-order valence-electron chi connectivity index (χ1n) is 9.55. The van der Waals surface area contributed by atoms with Crippen molar-refractivity contribution in [3.63, 3.8) is 0 Å². The van der Waals surface area contributed by atoms with Gasteiger partial charge in [0.15, 0.2) is 0 Å². The molecule has 4 heteroatoms. The third-order valence-corrected chi connectivity index (χ3v) is 5.29. The van der Waals surface area contributed by atoms with E-state index in [1.165, 1.54) is 11.1 Å². The van der Waals surface area contributed by atoms with Crippen LogP contribution in [0.4, 0.5) is 0 Å². The Labute approximate surface area is 155 Å². The van der Waals surface area contributed by atoms with E-state index in [-0.39, 0.29) is 11.9 Å². The van der Waals surface area contributed by atoms with Crippen LogP contribution in [0.1, 0.15) is 40.4 Å². The highest BCUT2D eigenvalue weighted by Crippen LogP contribution is 2.25. The fourth-order valence-corrected chi connectivity index (χ4v) is 3.95. The average molecular weight is 350 g/mol. The zero-order chi connectivity index (χ0) is 17.9. The van der Waals surface area contributed by atoms with Crippen molar-refractivity contribution < 1.29 is 9.53 Å². The van der Waals surface area contributed by atoms with Crippen LogP contribution in [0.15, 0.2) is 42.5 Å². The molecule has 26 heavy (non-hydrogen) atoms. The van der Waals surface area contributed by atoms with Crippen molar-refractivity contribution in [3.8, 4) is 5.75 Å². The zero-order valence-electron chi connectivity index (χ0n) is 15.3. The molecule has 1 unspecified atom stereocenters. The number of hydrogen-bond acceptors (Lipinski definition) is 3. The number of rotatable bonds is 4. The van der Waals surface area contributed by atoms with E-state index < -0.39 is 0 Å². The fraction of sp³-hybridized carbons (Fsp3) is 0.409. The zero-order valence-corrected chi connectivity index (χ0v) is 15.3. The highest BCUT2D eigenvalue weighted by molar-refractivity contribution is 5.94. The van der Waals surface area contributed by atoms with Crippen LogP contribution in [0, 0.1) is 0 Å². The monoisotopic (exact) mass is 350 g/mol. The minimum absolute atomic E-state index is 0.00304. The lowest BCUT2D eigenvalue weighted by atomic mass is 9.99. The summed E-state index contributed by atoms with van der Waals surface area (Å²) >= 11 is 0. The lowest BCUT2D eigenvalue weighted by molar-refractivity contribution is 0.0927. The van der Waals surface area contributed by atoms with E-state index in [1.54, 1.807) is 0 Å². The van der Waals surface area contributed by atoms with Gasteiger partial charge < -0.3 is 10.1 Å². The highest BCUT2D eigenvalue weighted by atomic mass is 16.5. The van der Waals surface area contributed by atoms with Crippen molar-refractivity contribution >= 4 is 5.91 Å². The fourth-order valence-electron chi connectivity index (χ4n) is 3.95. The van der Waals surface area contributed by atoms with Gasteiger partial charge in [0.25, 0.3) is 5.91 Å². The Bertz CT molecular complexity index is 802. The van der Waals surface area contributed by atoms with Crippen LogP contribution >= 0.6 is 0 Å². The molecule has 0 fully saturated rings. The van der Waals surface area contributed by atoms with Crippen molar-refractivity contribution in [2.45, 2.75) is 38.8 Å². The van der Waals surface area contributed by atoms with Crippen molar-refractivity contribution in [1.29, 1.82) is 0 Å². The topological polar surface area (TPSA) is 41.6 Å². The molecule has 0 saturated heterocycles. The molecular formula is C22H26N2O2. The first-order valence-corrected chi connectivity index (χ1v) is 9.55. The molecule has 0 saturated carbocycles. The van der Waals surface area contributed by atoms with Gasteiger partial charge in [-0.1, -0.05) is 24.3 Å². The van der Waals surface area contributed by atoms with Crippen LogP contribution in [-0.4, -0.2) is 36.5 Å². The van der Waals surface area contributed by atoms with Gasteiger partial charge in [0.1, 0.15) is 5.75 Å². The van der Waals surface area contributed by atoms with Crippen LogP contribution in [0.5, 0.6) is 5.75 Å².